The van der Waals surface area contributed by atoms with Crippen LogP contribution in [0.3, 0.4) is 0 Å². The number of aryl methyl sites for hydroxylation is 1. The van der Waals surface area contributed by atoms with Crippen molar-refractivity contribution in [1.82, 2.24) is 4.98 Å². The van der Waals surface area contributed by atoms with E-state index < -0.39 is 0 Å². The minimum atomic E-state index is 0.0138. The zero-order valence-corrected chi connectivity index (χ0v) is 12.2. The summed E-state index contributed by atoms with van der Waals surface area (Å²) in [5, 5.41) is 1.16. The molecule has 1 unspecified atom stereocenters. The molecule has 3 rings (SSSR count). The van der Waals surface area contributed by atoms with Gasteiger partial charge in [0.2, 0.25) is 0 Å². The molecule has 1 aliphatic rings. The highest BCUT2D eigenvalue weighted by Gasteiger charge is 2.38. The summed E-state index contributed by atoms with van der Waals surface area (Å²) in [7, 11) is 1.80. The lowest BCUT2D eigenvalue weighted by atomic mass is 9.75. The first-order valence-electron chi connectivity index (χ1n) is 7.30. The zero-order chi connectivity index (χ0) is 14.2. The molecule has 106 valence electrons. The van der Waals surface area contributed by atoms with Crippen LogP contribution in [-0.4, -0.2) is 17.7 Å². The van der Waals surface area contributed by atoms with Gasteiger partial charge >= 0.3 is 0 Å². The predicted molar refractivity (Wildman–Crippen MR) is 81.6 cm³/mol. The van der Waals surface area contributed by atoms with Gasteiger partial charge in [0.1, 0.15) is 0 Å². The van der Waals surface area contributed by atoms with Gasteiger partial charge < -0.3 is 10.5 Å². The van der Waals surface area contributed by atoms with Crippen LogP contribution in [0.2, 0.25) is 0 Å². The van der Waals surface area contributed by atoms with Crippen LogP contribution in [0.15, 0.2) is 30.3 Å². The van der Waals surface area contributed by atoms with Crippen molar-refractivity contribution in [3.63, 3.8) is 0 Å². The second-order valence-corrected chi connectivity index (χ2v) is 5.96. The zero-order valence-electron chi connectivity index (χ0n) is 12.2. The summed E-state index contributed by atoms with van der Waals surface area (Å²) in [4.78, 5) is 4.53. The average molecular weight is 270 g/mol. The van der Waals surface area contributed by atoms with Crippen molar-refractivity contribution in [2.45, 2.75) is 44.2 Å². The lowest BCUT2D eigenvalue weighted by molar-refractivity contribution is -0.0816. The Hall–Kier alpha value is -1.45. The molecule has 2 N–H and O–H groups in total. The van der Waals surface area contributed by atoms with E-state index in [2.05, 4.69) is 29.2 Å². The number of methoxy groups -OCH3 is 1. The fourth-order valence-corrected chi connectivity index (χ4v) is 3.06. The second kappa shape index (κ2) is 5.15. The topological polar surface area (TPSA) is 48.1 Å². The third-order valence-electron chi connectivity index (χ3n) is 4.57. The van der Waals surface area contributed by atoms with Crippen molar-refractivity contribution in [3.05, 3.63) is 41.6 Å². The molecule has 1 aromatic heterocycles. The lowest BCUT2D eigenvalue weighted by Gasteiger charge is -2.42. The van der Waals surface area contributed by atoms with Crippen molar-refractivity contribution >= 4 is 10.9 Å². The summed E-state index contributed by atoms with van der Waals surface area (Å²) in [6.07, 6.45) is 4.41. The van der Waals surface area contributed by atoms with Crippen LogP contribution < -0.4 is 5.73 Å². The van der Waals surface area contributed by atoms with Gasteiger partial charge in [-0.05, 0) is 56.4 Å². The number of fused-ring (bicyclic) bond motifs is 1. The van der Waals surface area contributed by atoms with E-state index in [0.29, 0.717) is 0 Å². The van der Waals surface area contributed by atoms with Gasteiger partial charge in [0.15, 0.2) is 0 Å². The number of nitrogens with two attached hydrogens (primary N) is 1. The molecule has 0 spiro atoms. The van der Waals surface area contributed by atoms with Gasteiger partial charge in [-0.2, -0.15) is 0 Å². The third kappa shape index (κ3) is 2.43. The lowest BCUT2D eigenvalue weighted by Crippen LogP contribution is -2.41. The standard InChI is InChI=1S/C17H22N2O/c1-12-4-5-14-10-13(6-7-16(14)19-12)15(18)11-17(20-2)8-3-9-17/h4-7,10,15H,3,8-9,11,18H2,1-2H3. The van der Waals surface area contributed by atoms with E-state index in [-0.39, 0.29) is 11.6 Å². The molecule has 1 atom stereocenters. The molecule has 0 bridgehead atoms. The first-order valence-corrected chi connectivity index (χ1v) is 7.30. The normalized spacial score (nSPS) is 18.8. The van der Waals surface area contributed by atoms with Gasteiger partial charge in [0.25, 0.3) is 0 Å². The van der Waals surface area contributed by atoms with Gasteiger partial charge in [-0.1, -0.05) is 12.1 Å². The highest BCUT2D eigenvalue weighted by Crippen LogP contribution is 2.41. The van der Waals surface area contributed by atoms with Crippen LogP contribution in [-0.2, 0) is 4.74 Å². The van der Waals surface area contributed by atoms with E-state index in [1.165, 1.54) is 12.0 Å². The molecular weight excluding hydrogens is 248 g/mol. The number of hydrogen-bond donors (Lipinski definition) is 1. The summed E-state index contributed by atoms with van der Waals surface area (Å²) >= 11 is 0. The monoisotopic (exact) mass is 270 g/mol. The Balaban J connectivity index is 1.84. The Bertz CT molecular complexity index is 614. The van der Waals surface area contributed by atoms with Crippen molar-refractivity contribution in [1.29, 1.82) is 0 Å². The Morgan fingerprint density at radius 3 is 2.75 bits per heavy atom. The summed E-state index contributed by atoms with van der Waals surface area (Å²) in [5.41, 5.74) is 9.65. The summed E-state index contributed by atoms with van der Waals surface area (Å²) in [5.74, 6) is 0. The average Bonchev–Trinajstić information content (AvgIpc) is 2.42. The Labute approximate surface area is 120 Å². The molecule has 0 radical (unpaired) electrons. The van der Waals surface area contributed by atoms with E-state index in [9.17, 15) is 0 Å². The van der Waals surface area contributed by atoms with Crippen LogP contribution in [0.25, 0.3) is 10.9 Å². The molecule has 1 fully saturated rings. The van der Waals surface area contributed by atoms with Crippen molar-refractivity contribution in [3.8, 4) is 0 Å². The van der Waals surface area contributed by atoms with Crippen LogP contribution in [0.5, 0.6) is 0 Å². The molecule has 1 aliphatic carbocycles. The van der Waals surface area contributed by atoms with Crippen LogP contribution in [0, 0.1) is 6.92 Å². The minimum Gasteiger partial charge on any atom is -0.378 e. The molecule has 3 nitrogen and oxygen atoms in total. The molecule has 1 heterocycles. The third-order valence-corrected chi connectivity index (χ3v) is 4.57. The van der Waals surface area contributed by atoms with Gasteiger partial charge in [0, 0.05) is 24.2 Å². The second-order valence-electron chi connectivity index (χ2n) is 5.96. The number of nitrogens with zero attached hydrogens (tertiary/aromatic N) is 1. The first kappa shape index (κ1) is 13.5. The fraction of sp³-hybridized carbons (Fsp3) is 0.471. The van der Waals surface area contributed by atoms with E-state index >= 15 is 0 Å². The SMILES string of the molecule is COC1(CC(N)c2ccc3nc(C)ccc3c2)CCC1. The van der Waals surface area contributed by atoms with Crippen LogP contribution in [0.4, 0.5) is 0 Å². The van der Waals surface area contributed by atoms with Crippen molar-refractivity contribution < 1.29 is 4.74 Å². The highest BCUT2D eigenvalue weighted by atomic mass is 16.5. The summed E-state index contributed by atoms with van der Waals surface area (Å²) in [6.45, 7) is 2.01. The Morgan fingerprint density at radius 1 is 1.30 bits per heavy atom. The molecule has 1 aromatic carbocycles. The van der Waals surface area contributed by atoms with Crippen molar-refractivity contribution in [2.75, 3.05) is 7.11 Å². The van der Waals surface area contributed by atoms with E-state index in [1.54, 1.807) is 7.11 Å². The molecule has 2 aromatic rings. The maximum atomic E-state index is 6.39. The first-order chi connectivity index (χ1) is 9.62. The predicted octanol–water partition coefficient (Wildman–Crippen LogP) is 3.50. The molecule has 0 amide bonds. The molecule has 0 saturated heterocycles. The van der Waals surface area contributed by atoms with Gasteiger partial charge in [0.05, 0.1) is 11.1 Å². The Morgan fingerprint density at radius 2 is 2.10 bits per heavy atom. The number of aromatic nitrogens is 1. The van der Waals surface area contributed by atoms with E-state index in [0.717, 1.165) is 35.9 Å². The number of hydrogen-bond acceptors (Lipinski definition) is 3. The molecule has 20 heavy (non-hydrogen) atoms. The molecule has 0 aliphatic heterocycles. The summed E-state index contributed by atoms with van der Waals surface area (Å²) in [6, 6.07) is 10.5. The maximum absolute atomic E-state index is 6.39. The highest BCUT2D eigenvalue weighted by molar-refractivity contribution is 5.79. The summed E-state index contributed by atoms with van der Waals surface area (Å²) < 4.78 is 5.68. The van der Waals surface area contributed by atoms with Crippen LogP contribution in [0.1, 0.15) is 43.0 Å². The van der Waals surface area contributed by atoms with Crippen molar-refractivity contribution in [2.24, 2.45) is 5.73 Å². The van der Waals surface area contributed by atoms with Gasteiger partial charge in [-0.25, -0.2) is 0 Å². The van der Waals surface area contributed by atoms with E-state index in [4.69, 9.17) is 10.5 Å². The van der Waals surface area contributed by atoms with Gasteiger partial charge in [-0.15, -0.1) is 0 Å². The quantitative estimate of drug-likeness (QED) is 0.925. The smallest absolute Gasteiger partial charge is 0.0705 e. The number of benzene rings is 1. The molecular formula is C17H22N2O. The van der Waals surface area contributed by atoms with Crippen LogP contribution >= 0.6 is 0 Å². The number of ether oxygens (including phenoxy) is 1. The minimum absolute atomic E-state index is 0.0138. The van der Waals surface area contributed by atoms with Gasteiger partial charge in [-0.3, -0.25) is 4.98 Å². The largest absolute Gasteiger partial charge is 0.378 e. The number of pyridine rings is 1. The fourth-order valence-electron chi connectivity index (χ4n) is 3.06. The van der Waals surface area contributed by atoms with E-state index in [1.807, 2.05) is 13.0 Å². The number of rotatable bonds is 4. The maximum Gasteiger partial charge on any atom is 0.0705 e. The molecule has 1 saturated carbocycles. The molecule has 3 heteroatoms. The Kier molecular flexibility index (Phi) is 3.48.